The van der Waals surface area contributed by atoms with Crippen molar-refractivity contribution >= 4 is 58.4 Å². The molecule has 11 rings (SSSR count). The van der Waals surface area contributed by atoms with E-state index in [1.54, 1.807) is 43.0 Å². The predicted octanol–water partition coefficient (Wildman–Crippen LogP) is 10.7. The highest BCUT2D eigenvalue weighted by Crippen LogP contribution is 2.51. The molecule has 6 aromatic carbocycles. The van der Waals surface area contributed by atoms with Gasteiger partial charge in [-0.2, -0.15) is 0 Å². The van der Waals surface area contributed by atoms with E-state index in [9.17, 15) is 0 Å². The summed E-state index contributed by atoms with van der Waals surface area (Å²) < 4.78 is 0. The molecule has 2 aliphatic carbocycles. The second kappa shape index (κ2) is 11.5. The normalized spacial score (nSPS) is 19.5. The van der Waals surface area contributed by atoms with Crippen LogP contribution in [-0.2, 0) is 10.8 Å². The molecule has 7 aromatic rings. The number of pyridine rings is 1. The zero-order chi connectivity index (χ0) is 36.5. The summed E-state index contributed by atoms with van der Waals surface area (Å²) >= 11 is 0. The number of fused-ring (bicyclic) bond motifs is 10. The van der Waals surface area contributed by atoms with Crippen molar-refractivity contribution in [1.82, 2.24) is 4.98 Å². The first-order valence-electron chi connectivity index (χ1n) is 20.5. The number of rotatable bonds is 2. The molecule has 3 heteroatoms. The number of benzene rings is 6. The zero-order valence-corrected chi connectivity index (χ0v) is 34.2. The summed E-state index contributed by atoms with van der Waals surface area (Å²) in [5.74, 6) is 0. The van der Waals surface area contributed by atoms with Crippen molar-refractivity contribution in [3.63, 3.8) is 0 Å². The van der Waals surface area contributed by atoms with E-state index in [0.717, 1.165) is 0 Å². The quantitative estimate of drug-likeness (QED) is 0.127. The number of hydrogen-bond acceptors (Lipinski definition) is 1. The van der Waals surface area contributed by atoms with Crippen LogP contribution in [0.25, 0.3) is 43.8 Å². The van der Waals surface area contributed by atoms with Crippen molar-refractivity contribution < 1.29 is 0 Å². The zero-order valence-electron chi connectivity index (χ0n) is 32.2. The fourth-order valence-corrected chi connectivity index (χ4v) is 19.0. The summed E-state index contributed by atoms with van der Waals surface area (Å²) in [6.45, 7) is 10.4. The molecule has 1 aromatic heterocycles. The minimum absolute atomic E-state index is 0.156. The summed E-state index contributed by atoms with van der Waals surface area (Å²) in [6, 6.07) is 45.9. The highest BCUT2D eigenvalue weighted by atomic mass is 28.3. The first-order chi connectivity index (χ1) is 26.3. The second-order valence-corrected chi connectivity index (χ2v) is 26.8. The molecular weight excluding hydrogens is 683 g/mol. The lowest BCUT2D eigenvalue weighted by molar-refractivity contribution is 0.538. The van der Waals surface area contributed by atoms with Gasteiger partial charge in [0.1, 0.15) is 16.1 Å². The minimum Gasteiger partial charge on any atom is -0.264 e. The van der Waals surface area contributed by atoms with Gasteiger partial charge in [0.2, 0.25) is 0 Å². The van der Waals surface area contributed by atoms with Crippen LogP contribution in [-0.4, -0.2) is 21.1 Å². The Morgan fingerprint density at radius 3 is 1.33 bits per heavy atom. The van der Waals surface area contributed by atoms with E-state index < -0.39 is 16.1 Å². The van der Waals surface area contributed by atoms with E-state index in [1.165, 1.54) is 95.2 Å². The Bertz CT molecular complexity index is 2450. The molecular formula is C51H49NSi2. The van der Waals surface area contributed by atoms with Crippen LogP contribution in [0.2, 0.25) is 26.2 Å². The maximum atomic E-state index is 4.83. The van der Waals surface area contributed by atoms with Crippen molar-refractivity contribution in [3.05, 3.63) is 150 Å². The van der Waals surface area contributed by atoms with Crippen molar-refractivity contribution in [3.8, 4) is 22.3 Å². The predicted molar refractivity (Wildman–Crippen MR) is 235 cm³/mol. The average Bonchev–Trinajstić information content (AvgIpc) is 3.91. The van der Waals surface area contributed by atoms with Gasteiger partial charge < -0.3 is 0 Å². The topological polar surface area (TPSA) is 12.9 Å². The Kier molecular flexibility index (Phi) is 6.97. The van der Waals surface area contributed by atoms with Gasteiger partial charge in [0.05, 0.1) is 0 Å². The van der Waals surface area contributed by atoms with E-state index in [4.69, 9.17) is 4.98 Å². The number of hydrogen-bond donors (Lipinski definition) is 0. The molecule has 3 heterocycles. The van der Waals surface area contributed by atoms with Crippen LogP contribution in [0.4, 0.5) is 0 Å². The van der Waals surface area contributed by atoms with Gasteiger partial charge in [-0.3, -0.25) is 4.98 Å². The van der Waals surface area contributed by atoms with Gasteiger partial charge in [-0.25, -0.2) is 0 Å². The smallest absolute Gasteiger partial charge is 0.113 e. The third kappa shape index (κ3) is 4.23. The molecule has 0 unspecified atom stereocenters. The summed E-state index contributed by atoms with van der Waals surface area (Å²) in [4.78, 5) is 4.83. The lowest BCUT2D eigenvalue weighted by atomic mass is 9.72. The molecule has 2 spiro atoms. The highest BCUT2D eigenvalue weighted by Gasteiger charge is 2.50. The lowest BCUT2D eigenvalue weighted by Gasteiger charge is -2.45. The first kappa shape index (κ1) is 32.8. The Morgan fingerprint density at radius 1 is 0.426 bits per heavy atom. The van der Waals surface area contributed by atoms with E-state index in [1.807, 2.05) is 6.20 Å². The van der Waals surface area contributed by atoms with Gasteiger partial charge in [-0.1, -0.05) is 171 Å². The minimum atomic E-state index is -1.97. The van der Waals surface area contributed by atoms with Crippen LogP contribution in [0, 0.1) is 0 Å². The molecule has 1 nitrogen and oxygen atoms in total. The van der Waals surface area contributed by atoms with Crippen molar-refractivity contribution in [2.75, 3.05) is 0 Å². The van der Waals surface area contributed by atoms with E-state index in [-0.39, 0.29) is 10.8 Å². The Morgan fingerprint density at radius 2 is 0.833 bits per heavy atom. The lowest BCUT2D eigenvalue weighted by Crippen LogP contribution is -2.62. The summed E-state index contributed by atoms with van der Waals surface area (Å²) in [5, 5.41) is 11.8. The molecule has 2 aliphatic heterocycles. The van der Waals surface area contributed by atoms with Gasteiger partial charge in [0.15, 0.2) is 0 Å². The van der Waals surface area contributed by atoms with Crippen LogP contribution in [0.15, 0.2) is 128 Å². The fourth-order valence-electron chi connectivity index (χ4n) is 12.4. The van der Waals surface area contributed by atoms with Crippen molar-refractivity contribution in [2.24, 2.45) is 0 Å². The molecule has 2 saturated carbocycles. The van der Waals surface area contributed by atoms with E-state index in [2.05, 4.69) is 148 Å². The second-order valence-electron chi connectivity index (χ2n) is 18.2. The Balaban J connectivity index is 1.15. The summed E-state index contributed by atoms with van der Waals surface area (Å²) in [7, 11) is -3.93. The fraction of sp³-hybridized carbons (Fsp3) is 0.275. The molecule has 0 bridgehead atoms. The van der Waals surface area contributed by atoms with Gasteiger partial charge in [-0.15, -0.1) is 0 Å². The highest BCUT2D eigenvalue weighted by molar-refractivity contribution is 7.02. The summed E-state index contributed by atoms with van der Waals surface area (Å²) in [5.41, 5.74) is 12.2. The maximum Gasteiger partial charge on any atom is 0.113 e. The van der Waals surface area contributed by atoms with E-state index >= 15 is 0 Å². The van der Waals surface area contributed by atoms with Crippen LogP contribution < -0.4 is 20.7 Å². The van der Waals surface area contributed by atoms with Gasteiger partial charge >= 0.3 is 0 Å². The van der Waals surface area contributed by atoms with Gasteiger partial charge in [0.25, 0.3) is 0 Å². The number of nitrogens with zero attached hydrogens (tertiary/aromatic N) is 1. The van der Waals surface area contributed by atoms with Crippen LogP contribution >= 0.6 is 0 Å². The molecule has 54 heavy (non-hydrogen) atoms. The largest absolute Gasteiger partial charge is 0.264 e. The van der Waals surface area contributed by atoms with Gasteiger partial charge in [0, 0.05) is 28.6 Å². The van der Waals surface area contributed by atoms with Crippen LogP contribution in [0.1, 0.15) is 73.6 Å². The summed E-state index contributed by atoms with van der Waals surface area (Å²) in [6.07, 6.45) is 14.5. The van der Waals surface area contributed by atoms with Crippen LogP contribution in [0.3, 0.4) is 0 Å². The standard InChI is InChI=1S/C51H49NSi2/c1-53(2)44-19-9-7-17-40(44)50(26-11-12-27-50)42-23-21-34(31-46(42)53)48-36-15-5-6-16-37(36)49(39-33-52-30-25-38(39)48)35-22-24-43-47(32-35)54(3,4)45-20-10-8-18-41(45)51(43)28-13-14-29-51/h5-10,15-25,30-33H,11-14,26-29H2,1-4H3. The van der Waals surface area contributed by atoms with Crippen molar-refractivity contribution in [2.45, 2.75) is 88.4 Å². The number of aromatic nitrogens is 1. The molecule has 4 aliphatic rings. The van der Waals surface area contributed by atoms with Crippen molar-refractivity contribution in [1.29, 1.82) is 0 Å². The third-order valence-corrected chi connectivity index (χ3v) is 22.1. The van der Waals surface area contributed by atoms with Crippen LogP contribution in [0.5, 0.6) is 0 Å². The SMILES string of the molecule is C[Si]1(C)c2ccccc2C2(CCCC2)c2ccc(-c3c4ccccc4c(-c4ccc5c(c4)[Si](C)(C)c4ccccc4C54CCCC4)c4cnccc34)cc21. The average molecular weight is 732 g/mol. The molecule has 0 atom stereocenters. The van der Waals surface area contributed by atoms with Gasteiger partial charge in [-0.05, 0) is 103 Å². The monoisotopic (exact) mass is 731 g/mol. The van der Waals surface area contributed by atoms with E-state index in [0.29, 0.717) is 0 Å². The third-order valence-electron chi connectivity index (χ3n) is 15.0. The Hall–Kier alpha value is -4.58. The first-order valence-corrected chi connectivity index (χ1v) is 26.5. The molecule has 266 valence electrons. The Labute approximate surface area is 322 Å². The molecule has 0 saturated heterocycles. The molecule has 2 fully saturated rings. The molecule has 0 amide bonds. The molecule has 0 radical (unpaired) electrons. The molecule has 0 N–H and O–H groups in total. The maximum absolute atomic E-state index is 4.83.